The van der Waals surface area contributed by atoms with E-state index in [1.54, 1.807) is 0 Å². The molecule has 7 nitrogen and oxygen atoms in total. The van der Waals surface area contributed by atoms with Crippen molar-refractivity contribution < 1.29 is 23.5 Å². The summed E-state index contributed by atoms with van der Waals surface area (Å²) in [5.74, 6) is 0. The van der Waals surface area contributed by atoms with Crippen molar-refractivity contribution in [3.05, 3.63) is 0 Å². The summed E-state index contributed by atoms with van der Waals surface area (Å²) in [6.07, 6.45) is 2.96. The van der Waals surface area contributed by atoms with Gasteiger partial charge in [0.05, 0.1) is 0 Å². The van der Waals surface area contributed by atoms with Crippen molar-refractivity contribution in [1.82, 2.24) is 10.2 Å². The quantitative estimate of drug-likeness (QED) is 0.676. The van der Waals surface area contributed by atoms with Crippen LogP contribution in [0.1, 0.15) is 60.3 Å². The molecule has 1 unspecified atom stereocenters. The largest absolute Gasteiger partial charge is 0.694 e. The van der Waals surface area contributed by atoms with Crippen molar-refractivity contribution in [3.63, 3.8) is 0 Å². The molecule has 1 amide bonds. The van der Waals surface area contributed by atoms with Crippen molar-refractivity contribution in [2.24, 2.45) is 0 Å². The molecule has 2 N–H and O–H groups in total. The molecule has 1 fully saturated rings. The number of nitrogens with zero attached hydrogens (tertiary/aromatic N) is 1. The zero-order chi connectivity index (χ0) is 18.4. The van der Waals surface area contributed by atoms with Crippen LogP contribution in [0.5, 0.6) is 0 Å². The molecule has 1 aliphatic rings. The van der Waals surface area contributed by atoms with E-state index >= 15 is 0 Å². The Morgan fingerprint density at radius 1 is 1.25 bits per heavy atom. The van der Waals surface area contributed by atoms with Crippen molar-refractivity contribution >= 4 is 14.3 Å². The lowest BCUT2D eigenvalue weighted by Crippen LogP contribution is -2.56. The third-order valence-electron chi connectivity index (χ3n) is 4.65. The SMILES string of the molecule is CCC(CC)(CO[P+](=O)O)N1CCC(NC(=O)OC(C)(C)C)CC1. The summed E-state index contributed by atoms with van der Waals surface area (Å²) in [7, 11) is -2.58. The number of likely N-dealkylation sites (tertiary alicyclic amines) is 1. The van der Waals surface area contributed by atoms with E-state index in [1.165, 1.54) is 0 Å². The van der Waals surface area contributed by atoms with Crippen LogP contribution in [0.4, 0.5) is 4.79 Å². The summed E-state index contributed by atoms with van der Waals surface area (Å²) in [5, 5.41) is 2.93. The summed E-state index contributed by atoms with van der Waals surface area (Å²) in [4.78, 5) is 23.1. The van der Waals surface area contributed by atoms with Crippen LogP contribution >= 0.6 is 8.25 Å². The molecule has 0 radical (unpaired) electrons. The Labute approximate surface area is 146 Å². The topological polar surface area (TPSA) is 88.1 Å². The van der Waals surface area contributed by atoms with E-state index in [2.05, 4.69) is 24.1 Å². The first kappa shape index (κ1) is 21.3. The molecule has 8 heteroatoms. The van der Waals surface area contributed by atoms with Crippen molar-refractivity contribution in [2.45, 2.75) is 77.5 Å². The first-order valence-electron chi connectivity index (χ1n) is 8.65. The van der Waals surface area contributed by atoms with Gasteiger partial charge < -0.3 is 10.1 Å². The summed E-state index contributed by atoms with van der Waals surface area (Å²) in [6.45, 7) is 11.6. The maximum atomic E-state index is 11.9. The van der Waals surface area contributed by atoms with Crippen molar-refractivity contribution in [1.29, 1.82) is 0 Å². The molecule has 0 aromatic heterocycles. The van der Waals surface area contributed by atoms with Gasteiger partial charge in [-0.15, -0.1) is 9.42 Å². The minimum Gasteiger partial charge on any atom is -0.444 e. The van der Waals surface area contributed by atoms with Crippen LogP contribution in [0.25, 0.3) is 0 Å². The van der Waals surface area contributed by atoms with Crippen LogP contribution in [0, 0.1) is 0 Å². The average Bonchev–Trinajstić information content (AvgIpc) is 2.48. The van der Waals surface area contributed by atoms with E-state index in [9.17, 15) is 9.36 Å². The first-order chi connectivity index (χ1) is 11.1. The van der Waals surface area contributed by atoms with Gasteiger partial charge in [0.2, 0.25) is 0 Å². The fraction of sp³-hybridized carbons (Fsp3) is 0.938. The fourth-order valence-electron chi connectivity index (χ4n) is 3.14. The number of piperidine rings is 1. The monoisotopic (exact) mass is 363 g/mol. The van der Waals surface area contributed by atoms with E-state index in [0.29, 0.717) is 0 Å². The molecule has 1 aliphatic heterocycles. The minimum atomic E-state index is -2.58. The second-order valence-electron chi connectivity index (χ2n) is 7.35. The highest BCUT2D eigenvalue weighted by Crippen LogP contribution is 2.31. The Kier molecular flexibility index (Phi) is 8.06. The Hall–Kier alpha value is -0.750. The van der Waals surface area contributed by atoms with Gasteiger partial charge in [0.25, 0.3) is 0 Å². The molecular formula is C16H32N2O5P+. The van der Waals surface area contributed by atoms with Gasteiger partial charge in [-0.25, -0.2) is 4.79 Å². The molecule has 1 atom stereocenters. The van der Waals surface area contributed by atoms with Crippen molar-refractivity contribution in [3.8, 4) is 0 Å². The van der Waals surface area contributed by atoms with Crippen LogP contribution in [0.3, 0.4) is 0 Å². The molecule has 1 saturated heterocycles. The number of nitrogens with one attached hydrogen (secondary N) is 1. The summed E-state index contributed by atoms with van der Waals surface area (Å²) in [5.41, 5.74) is -0.729. The normalized spacial score (nSPS) is 18.3. The predicted molar refractivity (Wildman–Crippen MR) is 93.1 cm³/mol. The van der Waals surface area contributed by atoms with Crippen LogP contribution < -0.4 is 5.32 Å². The van der Waals surface area contributed by atoms with Gasteiger partial charge >= 0.3 is 14.3 Å². The fourth-order valence-corrected chi connectivity index (χ4v) is 3.49. The van der Waals surface area contributed by atoms with Gasteiger partial charge in [-0.3, -0.25) is 4.90 Å². The van der Waals surface area contributed by atoms with Gasteiger partial charge in [0.1, 0.15) is 12.2 Å². The summed E-state index contributed by atoms with van der Waals surface area (Å²) >= 11 is 0. The van der Waals surface area contributed by atoms with E-state index in [4.69, 9.17) is 14.2 Å². The number of hydrogen-bond donors (Lipinski definition) is 2. The van der Waals surface area contributed by atoms with Crippen LogP contribution in [0.15, 0.2) is 0 Å². The molecule has 0 aromatic rings. The third-order valence-corrected chi connectivity index (χ3v) is 5.00. The van der Waals surface area contributed by atoms with Gasteiger partial charge in [-0.05, 0) is 46.5 Å². The van der Waals surface area contributed by atoms with Crippen LogP contribution in [-0.2, 0) is 13.8 Å². The third kappa shape index (κ3) is 6.63. The van der Waals surface area contributed by atoms with Crippen LogP contribution in [0.2, 0.25) is 0 Å². The van der Waals surface area contributed by atoms with Gasteiger partial charge in [-0.1, -0.05) is 13.8 Å². The Bertz CT molecular complexity index is 427. The number of rotatable bonds is 7. The summed E-state index contributed by atoms with van der Waals surface area (Å²) in [6, 6.07) is 0.0953. The van der Waals surface area contributed by atoms with E-state index < -0.39 is 13.9 Å². The summed E-state index contributed by atoms with van der Waals surface area (Å²) < 4.78 is 21.2. The lowest BCUT2D eigenvalue weighted by atomic mass is 9.88. The number of hydrogen-bond acceptors (Lipinski definition) is 5. The van der Waals surface area contributed by atoms with Gasteiger partial charge in [0.15, 0.2) is 0 Å². The number of carbonyl (C=O) groups is 1. The lowest BCUT2D eigenvalue weighted by molar-refractivity contribution is 0.00787. The lowest BCUT2D eigenvalue weighted by Gasteiger charge is -2.45. The number of ether oxygens (including phenoxy) is 1. The Morgan fingerprint density at radius 3 is 2.21 bits per heavy atom. The van der Waals surface area contributed by atoms with Gasteiger partial charge in [0, 0.05) is 29.2 Å². The smallest absolute Gasteiger partial charge is 0.444 e. The Balaban J connectivity index is 2.55. The molecule has 0 aromatic carbocycles. The zero-order valence-corrected chi connectivity index (χ0v) is 16.4. The number of carbonyl (C=O) groups excluding carboxylic acids is 1. The second kappa shape index (κ2) is 9.09. The van der Waals surface area contributed by atoms with E-state index in [0.717, 1.165) is 38.8 Å². The highest BCUT2D eigenvalue weighted by atomic mass is 31.1. The highest BCUT2D eigenvalue weighted by molar-refractivity contribution is 7.32. The molecular weight excluding hydrogens is 331 g/mol. The van der Waals surface area contributed by atoms with Crippen LogP contribution in [-0.4, -0.2) is 52.8 Å². The first-order valence-corrected chi connectivity index (χ1v) is 9.78. The molecule has 1 rings (SSSR count). The van der Waals surface area contributed by atoms with Crippen molar-refractivity contribution in [2.75, 3.05) is 19.7 Å². The molecule has 0 spiro atoms. The molecule has 0 bridgehead atoms. The minimum absolute atomic E-state index is 0.0953. The number of alkyl carbamates (subject to hydrolysis) is 1. The van der Waals surface area contributed by atoms with Gasteiger partial charge in [-0.2, -0.15) is 0 Å². The molecule has 24 heavy (non-hydrogen) atoms. The predicted octanol–water partition coefficient (Wildman–Crippen LogP) is 3.20. The number of amides is 1. The Morgan fingerprint density at radius 2 is 1.79 bits per heavy atom. The zero-order valence-electron chi connectivity index (χ0n) is 15.5. The van der Waals surface area contributed by atoms with E-state index in [1.807, 2.05) is 20.8 Å². The maximum Gasteiger partial charge on any atom is 0.694 e. The second-order valence-corrected chi connectivity index (χ2v) is 8.08. The standard InChI is InChI=1S/C16H31N2O5P/c1-6-16(7-2,12-22-24(20)21)18-10-8-13(9-11-18)17-14(19)23-15(3,4)5/h13H,6-12H2,1-5H3,(H-,17,19,20,21)/p+1. The molecule has 140 valence electrons. The average molecular weight is 363 g/mol. The molecule has 0 saturated carbocycles. The molecule has 1 heterocycles. The molecule has 0 aliphatic carbocycles. The highest BCUT2D eigenvalue weighted by Gasteiger charge is 2.39. The maximum absolute atomic E-state index is 11.9. The van der Waals surface area contributed by atoms with E-state index in [-0.39, 0.29) is 24.3 Å².